The molecule has 0 fully saturated rings. The van der Waals surface area contributed by atoms with Crippen molar-refractivity contribution in [2.45, 2.75) is 53.1 Å². The summed E-state index contributed by atoms with van der Waals surface area (Å²) in [4.78, 5) is 36.1. The van der Waals surface area contributed by atoms with Gasteiger partial charge >= 0.3 is 0 Å². The number of hydrazine groups is 1. The maximum atomic E-state index is 12.1. The van der Waals surface area contributed by atoms with Crippen molar-refractivity contribution in [3.8, 4) is 5.75 Å². The fourth-order valence-corrected chi connectivity index (χ4v) is 2.75. The van der Waals surface area contributed by atoms with Gasteiger partial charge in [-0.25, -0.2) is 0 Å². The zero-order chi connectivity index (χ0) is 22.1. The van der Waals surface area contributed by atoms with Crippen LogP contribution in [-0.4, -0.2) is 23.8 Å². The summed E-state index contributed by atoms with van der Waals surface area (Å²) in [5.74, 6) is -0.638. The van der Waals surface area contributed by atoms with Crippen LogP contribution in [0.5, 0.6) is 5.75 Å². The molecule has 0 heterocycles. The Bertz CT molecular complexity index is 894. The molecule has 0 bridgehead atoms. The van der Waals surface area contributed by atoms with E-state index in [0.29, 0.717) is 5.75 Å². The van der Waals surface area contributed by atoms with Crippen LogP contribution in [0.4, 0.5) is 5.69 Å². The van der Waals surface area contributed by atoms with E-state index < -0.39 is 17.9 Å². The Morgan fingerprint density at radius 3 is 2.23 bits per heavy atom. The lowest BCUT2D eigenvalue weighted by Gasteiger charge is -2.15. The number of benzene rings is 2. The molecule has 0 aromatic heterocycles. The Morgan fingerprint density at radius 1 is 0.933 bits per heavy atom. The summed E-state index contributed by atoms with van der Waals surface area (Å²) in [6.45, 7) is 7.53. The fourth-order valence-electron chi connectivity index (χ4n) is 2.75. The first-order valence-electron chi connectivity index (χ1n) is 10.00. The largest absolute Gasteiger partial charge is 0.481 e. The minimum atomic E-state index is -0.786. The van der Waals surface area contributed by atoms with E-state index >= 15 is 0 Å². The lowest BCUT2D eigenvalue weighted by atomic mass is 10.1. The maximum absolute atomic E-state index is 12.1. The molecule has 2 aromatic carbocycles. The number of hydrogen-bond acceptors (Lipinski definition) is 4. The molecule has 0 aliphatic carbocycles. The molecule has 0 saturated carbocycles. The van der Waals surface area contributed by atoms with Crippen molar-refractivity contribution in [3.63, 3.8) is 0 Å². The zero-order valence-corrected chi connectivity index (χ0v) is 17.9. The Morgan fingerprint density at radius 2 is 1.60 bits per heavy atom. The van der Waals surface area contributed by atoms with E-state index in [9.17, 15) is 14.4 Å². The smallest absolute Gasteiger partial charge is 0.279 e. The van der Waals surface area contributed by atoms with Gasteiger partial charge in [-0.2, -0.15) is 0 Å². The van der Waals surface area contributed by atoms with E-state index in [1.165, 1.54) is 5.56 Å². The number of nitrogens with one attached hydrogen (secondary N) is 3. The quantitative estimate of drug-likeness (QED) is 0.581. The number of aryl methyl sites for hydroxylation is 3. The molecule has 2 aromatic rings. The number of hydrogen-bond donors (Lipinski definition) is 3. The molecule has 7 heteroatoms. The van der Waals surface area contributed by atoms with E-state index in [1.54, 1.807) is 19.1 Å². The average molecular weight is 412 g/mol. The van der Waals surface area contributed by atoms with Gasteiger partial charge in [0, 0.05) is 18.5 Å². The van der Waals surface area contributed by atoms with Gasteiger partial charge in [0.25, 0.3) is 5.91 Å². The van der Waals surface area contributed by atoms with Crippen LogP contribution in [0.3, 0.4) is 0 Å². The van der Waals surface area contributed by atoms with Crippen LogP contribution in [-0.2, 0) is 20.8 Å². The number of ether oxygens (including phenoxy) is 1. The van der Waals surface area contributed by atoms with Crippen molar-refractivity contribution >= 4 is 23.4 Å². The topological polar surface area (TPSA) is 96.5 Å². The molecule has 0 spiro atoms. The van der Waals surface area contributed by atoms with Gasteiger partial charge in [-0.1, -0.05) is 36.8 Å². The summed E-state index contributed by atoms with van der Waals surface area (Å²) in [5.41, 5.74) is 8.58. The van der Waals surface area contributed by atoms with Crippen molar-refractivity contribution in [3.05, 3.63) is 59.2 Å². The highest BCUT2D eigenvalue weighted by Crippen LogP contribution is 2.16. The third-order valence-corrected chi connectivity index (χ3v) is 4.57. The van der Waals surface area contributed by atoms with Crippen molar-refractivity contribution in [2.24, 2.45) is 0 Å². The second-order valence-electron chi connectivity index (χ2n) is 7.16. The highest BCUT2D eigenvalue weighted by molar-refractivity contribution is 5.94. The van der Waals surface area contributed by atoms with E-state index in [-0.39, 0.29) is 18.7 Å². The molecule has 1 atom stereocenters. The summed E-state index contributed by atoms with van der Waals surface area (Å²) >= 11 is 0. The van der Waals surface area contributed by atoms with Gasteiger partial charge < -0.3 is 10.1 Å². The minimum absolute atomic E-state index is 0.00481. The normalized spacial score (nSPS) is 11.3. The summed E-state index contributed by atoms with van der Waals surface area (Å²) in [6.07, 6.45) is 0.0891. The highest BCUT2D eigenvalue weighted by Gasteiger charge is 2.16. The molecule has 0 radical (unpaired) electrons. The van der Waals surface area contributed by atoms with Crippen molar-refractivity contribution < 1.29 is 19.1 Å². The molecule has 7 nitrogen and oxygen atoms in total. The molecule has 0 saturated heterocycles. The van der Waals surface area contributed by atoms with E-state index in [4.69, 9.17) is 4.74 Å². The van der Waals surface area contributed by atoms with Crippen LogP contribution >= 0.6 is 0 Å². The molecule has 160 valence electrons. The van der Waals surface area contributed by atoms with Gasteiger partial charge in [0.05, 0.1) is 0 Å². The van der Waals surface area contributed by atoms with Crippen LogP contribution in [0, 0.1) is 13.8 Å². The summed E-state index contributed by atoms with van der Waals surface area (Å²) in [7, 11) is 0. The predicted molar refractivity (Wildman–Crippen MR) is 116 cm³/mol. The van der Waals surface area contributed by atoms with Crippen molar-refractivity contribution in [1.29, 1.82) is 0 Å². The zero-order valence-electron chi connectivity index (χ0n) is 17.9. The molecule has 1 unspecified atom stereocenters. The monoisotopic (exact) mass is 411 g/mol. The second kappa shape index (κ2) is 11.0. The van der Waals surface area contributed by atoms with E-state index in [0.717, 1.165) is 23.2 Å². The molecular weight excluding hydrogens is 382 g/mol. The van der Waals surface area contributed by atoms with Crippen LogP contribution in [0.2, 0.25) is 0 Å². The molecule has 30 heavy (non-hydrogen) atoms. The number of rotatable bonds is 8. The third kappa shape index (κ3) is 7.24. The van der Waals surface area contributed by atoms with Gasteiger partial charge in [0.15, 0.2) is 6.10 Å². The van der Waals surface area contributed by atoms with Crippen LogP contribution in [0.25, 0.3) is 0 Å². The molecule has 2 rings (SSSR count). The second-order valence-corrected chi connectivity index (χ2v) is 7.16. The lowest BCUT2D eigenvalue weighted by Crippen LogP contribution is -2.47. The van der Waals surface area contributed by atoms with Gasteiger partial charge in [-0.05, 0) is 56.5 Å². The summed E-state index contributed by atoms with van der Waals surface area (Å²) in [6, 6.07) is 13.2. The lowest BCUT2D eigenvalue weighted by molar-refractivity contribution is -0.133. The summed E-state index contributed by atoms with van der Waals surface area (Å²) in [5, 5.41) is 2.78. The number of amides is 3. The molecule has 3 amide bonds. The van der Waals surface area contributed by atoms with E-state index in [1.807, 2.05) is 44.2 Å². The molecule has 0 aliphatic heterocycles. The van der Waals surface area contributed by atoms with Crippen LogP contribution in [0.1, 0.15) is 43.4 Å². The van der Waals surface area contributed by atoms with Gasteiger partial charge in [0.2, 0.25) is 11.8 Å². The first kappa shape index (κ1) is 22.9. The Balaban J connectivity index is 1.71. The third-order valence-electron chi connectivity index (χ3n) is 4.57. The molecule has 0 aliphatic rings. The van der Waals surface area contributed by atoms with Gasteiger partial charge in [0.1, 0.15) is 5.75 Å². The van der Waals surface area contributed by atoms with Gasteiger partial charge in [-0.15, -0.1) is 0 Å². The van der Waals surface area contributed by atoms with Crippen LogP contribution in [0.15, 0.2) is 42.5 Å². The Hall–Kier alpha value is -3.35. The van der Waals surface area contributed by atoms with Crippen molar-refractivity contribution in [1.82, 2.24) is 10.9 Å². The first-order chi connectivity index (χ1) is 14.3. The fraction of sp³-hybridized carbons (Fsp3) is 0.348. The molecular formula is C23H29N3O4. The first-order valence-corrected chi connectivity index (χ1v) is 10.00. The van der Waals surface area contributed by atoms with Gasteiger partial charge in [-0.3, -0.25) is 25.2 Å². The molecule has 3 N–H and O–H groups in total. The Kier molecular flexibility index (Phi) is 8.41. The number of carbonyl (C=O) groups excluding carboxylic acids is 3. The van der Waals surface area contributed by atoms with Crippen LogP contribution < -0.4 is 20.9 Å². The SMILES string of the molecule is CCc1ccc(OC(C)C(=O)NNC(=O)CCC(=O)Nc2ccc(C)cc2C)cc1. The Labute approximate surface area is 177 Å². The standard InChI is InChI=1S/C23H29N3O4/c1-5-18-7-9-19(10-8-18)30-17(4)23(29)26-25-22(28)13-12-21(27)24-20-11-6-15(2)14-16(20)3/h6-11,14,17H,5,12-13H2,1-4H3,(H,24,27)(H,25,28)(H,26,29). The predicted octanol–water partition coefficient (Wildman–Crippen LogP) is 3.20. The number of carbonyl (C=O) groups is 3. The maximum Gasteiger partial charge on any atom is 0.279 e. The summed E-state index contributed by atoms with van der Waals surface area (Å²) < 4.78 is 5.56. The van der Waals surface area contributed by atoms with Crippen molar-refractivity contribution in [2.75, 3.05) is 5.32 Å². The average Bonchev–Trinajstić information content (AvgIpc) is 2.73. The number of anilines is 1. The van der Waals surface area contributed by atoms with E-state index in [2.05, 4.69) is 23.1 Å². The minimum Gasteiger partial charge on any atom is -0.481 e. The highest BCUT2D eigenvalue weighted by atomic mass is 16.5.